The second-order valence-electron chi connectivity index (χ2n) is 10.3. The van der Waals surface area contributed by atoms with Gasteiger partial charge in [0.15, 0.2) is 5.82 Å². The summed E-state index contributed by atoms with van der Waals surface area (Å²) in [6.45, 7) is 9.52. The summed E-state index contributed by atoms with van der Waals surface area (Å²) < 4.78 is 7.76. The highest BCUT2D eigenvalue weighted by Crippen LogP contribution is 2.35. The fourth-order valence-electron chi connectivity index (χ4n) is 5.59. The van der Waals surface area contributed by atoms with Gasteiger partial charge in [0.05, 0.1) is 24.9 Å². The Morgan fingerprint density at radius 3 is 2.69 bits per heavy atom. The number of furan rings is 1. The van der Waals surface area contributed by atoms with E-state index in [9.17, 15) is 4.79 Å². The molecule has 3 aromatic heterocycles. The first-order chi connectivity index (χ1) is 16.9. The lowest BCUT2D eigenvalue weighted by Gasteiger charge is -2.33. The van der Waals surface area contributed by atoms with E-state index in [0.29, 0.717) is 19.1 Å². The van der Waals surface area contributed by atoms with Gasteiger partial charge >= 0.3 is 0 Å². The quantitative estimate of drug-likeness (QED) is 0.375. The van der Waals surface area contributed by atoms with E-state index in [0.717, 1.165) is 52.0 Å². The molecule has 8 nitrogen and oxygen atoms in total. The molecule has 35 heavy (non-hydrogen) atoms. The SMILES string of the molecule is Cc1cc(C)c2cc(CN(Cc3ccco3)[C@H](c3nnnn3C3CCCC3)C(C)C)c(=O)[nH]c2c1. The van der Waals surface area contributed by atoms with E-state index in [2.05, 4.69) is 52.2 Å². The molecule has 3 heterocycles. The van der Waals surface area contributed by atoms with Crippen molar-refractivity contribution in [2.24, 2.45) is 5.92 Å². The van der Waals surface area contributed by atoms with Crippen molar-refractivity contribution in [2.75, 3.05) is 0 Å². The zero-order valence-corrected chi connectivity index (χ0v) is 21.0. The molecule has 1 N–H and O–H groups in total. The third-order valence-corrected chi connectivity index (χ3v) is 7.18. The predicted molar refractivity (Wildman–Crippen MR) is 135 cm³/mol. The topological polar surface area (TPSA) is 92.8 Å². The van der Waals surface area contributed by atoms with Crippen molar-refractivity contribution in [2.45, 2.75) is 78.6 Å². The van der Waals surface area contributed by atoms with Crippen LogP contribution in [0.25, 0.3) is 10.9 Å². The molecule has 0 spiro atoms. The number of aromatic amines is 1. The Morgan fingerprint density at radius 1 is 1.17 bits per heavy atom. The van der Waals surface area contributed by atoms with Crippen LogP contribution >= 0.6 is 0 Å². The van der Waals surface area contributed by atoms with E-state index in [1.54, 1.807) is 6.26 Å². The number of hydrogen-bond donors (Lipinski definition) is 1. The second kappa shape index (κ2) is 9.77. The number of H-pyrrole nitrogens is 1. The molecule has 1 aromatic carbocycles. The van der Waals surface area contributed by atoms with Gasteiger partial charge in [-0.2, -0.15) is 0 Å². The molecule has 0 aliphatic heterocycles. The van der Waals surface area contributed by atoms with E-state index in [4.69, 9.17) is 4.42 Å². The standard InChI is InChI=1S/C27H34N6O2/c1-17(2)25(26-29-30-31-33(26)21-8-5-6-9-21)32(16-22-10-7-11-35-22)15-20-14-23-19(4)12-18(3)13-24(23)28-27(20)34/h7,10-14,17,21,25H,5-6,8-9,15-16H2,1-4H3,(H,28,34)/t25-/m0/s1. The van der Waals surface area contributed by atoms with E-state index in [1.165, 1.54) is 12.8 Å². The minimum absolute atomic E-state index is 0.0650. The highest BCUT2D eigenvalue weighted by molar-refractivity contribution is 5.83. The van der Waals surface area contributed by atoms with Crippen LogP contribution in [0, 0.1) is 19.8 Å². The minimum Gasteiger partial charge on any atom is -0.468 e. The summed E-state index contributed by atoms with van der Waals surface area (Å²) >= 11 is 0. The zero-order chi connectivity index (χ0) is 24.5. The third-order valence-electron chi connectivity index (χ3n) is 7.18. The summed E-state index contributed by atoms with van der Waals surface area (Å²) in [5.41, 5.74) is 3.82. The fourth-order valence-corrected chi connectivity index (χ4v) is 5.59. The van der Waals surface area contributed by atoms with E-state index in [-0.39, 0.29) is 17.5 Å². The molecular weight excluding hydrogens is 440 g/mol. The van der Waals surface area contributed by atoms with Gasteiger partial charge < -0.3 is 9.40 Å². The van der Waals surface area contributed by atoms with Crippen molar-refractivity contribution in [3.05, 3.63) is 75.2 Å². The van der Waals surface area contributed by atoms with Gasteiger partial charge in [-0.3, -0.25) is 9.69 Å². The second-order valence-corrected chi connectivity index (χ2v) is 10.3. The van der Waals surface area contributed by atoms with Gasteiger partial charge in [0.25, 0.3) is 5.56 Å². The van der Waals surface area contributed by atoms with Crippen molar-refractivity contribution in [1.29, 1.82) is 0 Å². The molecule has 1 atom stereocenters. The number of tetrazole rings is 1. The van der Waals surface area contributed by atoms with Crippen LogP contribution in [0.2, 0.25) is 0 Å². The van der Waals surface area contributed by atoms with Gasteiger partial charge in [-0.25, -0.2) is 4.68 Å². The van der Waals surface area contributed by atoms with Gasteiger partial charge in [0, 0.05) is 23.0 Å². The maximum Gasteiger partial charge on any atom is 0.252 e. The Hall–Kier alpha value is -3.26. The molecule has 0 unspecified atom stereocenters. The number of rotatable bonds is 8. The summed E-state index contributed by atoms with van der Waals surface area (Å²) in [4.78, 5) is 18.6. The summed E-state index contributed by atoms with van der Waals surface area (Å²) in [5.74, 6) is 1.93. The smallest absolute Gasteiger partial charge is 0.252 e. The number of benzene rings is 1. The molecular formula is C27H34N6O2. The number of pyridine rings is 1. The first-order valence-electron chi connectivity index (χ1n) is 12.6. The van der Waals surface area contributed by atoms with Gasteiger partial charge in [0.1, 0.15) is 5.76 Å². The first kappa shape index (κ1) is 23.5. The molecule has 0 radical (unpaired) electrons. The molecule has 5 rings (SSSR count). The summed E-state index contributed by atoms with van der Waals surface area (Å²) in [7, 11) is 0. The number of hydrogen-bond acceptors (Lipinski definition) is 6. The lowest BCUT2D eigenvalue weighted by Crippen LogP contribution is -2.35. The lowest BCUT2D eigenvalue weighted by molar-refractivity contribution is 0.114. The number of nitrogens with zero attached hydrogens (tertiary/aromatic N) is 5. The molecule has 8 heteroatoms. The average Bonchev–Trinajstić information content (AvgIpc) is 3.57. The number of fused-ring (bicyclic) bond motifs is 1. The third kappa shape index (κ3) is 4.80. The molecule has 1 aliphatic rings. The lowest BCUT2D eigenvalue weighted by atomic mass is 9.99. The molecule has 1 aliphatic carbocycles. The Morgan fingerprint density at radius 2 is 1.97 bits per heavy atom. The number of nitrogens with one attached hydrogen (secondary N) is 1. The normalized spacial score (nSPS) is 15.6. The molecule has 4 aromatic rings. The van der Waals surface area contributed by atoms with Crippen LogP contribution in [-0.2, 0) is 13.1 Å². The van der Waals surface area contributed by atoms with Gasteiger partial charge in [-0.1, -0.05) is 32.8 Å². The molecule has 0 bridgehead atoms. The van der Waals surface area contributed by atoms with Gasteiger partial charge in [-0.15, -0.1) is 5.10 Å². The highest BCUT2D eigenvalue weighted by Gasteiger charge is 2.33. The molecule has 1 saturated carbocycles. The van der Waals surface area contributed by atoms with Crippen LogP contribution in [0.1, 0.15) is 79.9 Å². The number of aryl methyl sites for hydroxylation is 2. The average molecular weight is 475 g/mol. The Balaban J connectivity index is 1.56. The van der Waals surface area contributed by atoms with Crippen LogP contribution in [0.3, 0.4) is 0 Å². The zero-order valence-electron chi connectivity index (χ0n) is 21.0. The Labute approximate surface area is 205 Å². The van der Waals surface area contributed by atoms with Crippen LogP contribution in [0.15, 0.2) is 45.8 Å². The van der Waals surface area contributed by atoms with Gasteiger partial charge in [-0.05, 0) is 78.4 Å². The fraction of sp³-hybridized carbons (Fsp3) is 0.481. The monoisotopic (exact) mass is 474 g/mol. The van der Waals surface area contributed by atoms with E-state index >= 15 is 0 Å². The maximum atomic E-state index is 13.2. The summed E-state index contributed by atoms with van der Waals surface area (Å²) in [6.07, 6.45) is 6.30. The van der Waals surface area contributed by atoms with Crippen molar-refractivity contribution in [3.63, 3.8) is 0 Å². The van der Waals surface area contributed by atoms with Crippen LogP contribution < -0.4 is 5.56 Å². The van der Waals surface area contributed by atoms with E-state index < -0.39 is 0 Å². The molecule has 184 valence electrons. The molecule has 0 saturated heterocycles. The first-order valence-corrected chi connectivity index (χ1v) is 12.6. The van der Waals surface area contributed by atoms with E-state index in [1.807, 2.05) is 35.9 Å². The molecule has 1 fully saturated rings. The van der Waals surface area contributed by atoms with Gasteiger partial charge in [0.2, 0.25) is 0 Å². The van der Waals surface area contributed by atoms with Crippen molar-refractivity contribution < 1.29 is 4.42 Å². The summed E-state index contributed by atoms with van der Waals surface area (Å²) in [5, 5.41) is 14.1. The van der Waals surface area contributed by atoms with Crippen LogP contribution in [0.4, 0.5) is 0 Å². The van der Waals surface area contributed by atoms with Crippen LogP contribution in [0.5, 0.6) is 0 Å². The minimum atomic E-state index is -0.0788. The predicted octanol–water partition coefficient (Wildman–Crippen LogP) is 5.24. The Bertz CT molecular complexity index is 1350. The largest absolute Gasteiger partial charge is 0.468 e. The van der Waals surface area contributed by atoms with Crippen molar-refractivity contribution in [3.8, 4) is 0 Å². The van der Waals surface area contributed by atoms with Crippen molar-refractivity contribution in [1.82, 2.24) is 30.1 Å². The highest BCUT2D eigenvalue weighted by atomic mass is 16.3. The van der Waals surface area contributed by atoms with Crippen molar-refractivity contribution >= 4 is 10.9 Å². The van der Waals surface area contributed by atoms with Crippen LogP contribution in [-0.4, -0.2) is 30.1 Å². The Kier molecular flexibility index (Phi) is 6.56. The number of aromatic nitrogens is 5. The maximum absolute atomic E-state index is 13.2. The molecule has 0 amide bonds. The summed E-state index contributed by atoms with van der Waals surface area (Å²) in [6, 6.07) is 10.3.